The van der Waals surface area contributed by atoms with Gasteiger partial charge >= 0.3 is 5.97 Å². The third-order valence-electron chi connectivity index (χ3n) is 7.15. The molecule has 3 aliphatic rings. The van der Waals surface area contributed by atoms with E-state index < -0.39 is 17.4 Å². The van der Waals surface area contributed by atoms with E-state index in [1.165, 1.54) is 5.56 Å². The number of benzene rings is 2. The lowest BCUT2D eigenvalue weighted by Gasteiger charge is -2.44. The Bertz CT molecular complexity index is 972. The van der Waals surface area contributed by atoms with Crippen molar-refractivity contribution in [2.75, 3.05) is 6.54 Å². The monoisotopic (exact) mass is 391 g/mol. The summed E-state index contributed by atoms with van der Waals surface area (Å²) in [6.45, 7) is 3.18. The maximum Gasteiger partial charge on any atom is 0.307 e. The zero-order chi connectivity index (χ0) is 20.2. The van der Waals surface area contributed by atoms with Gasteiger partial charge < -0.3 is 14.7 Å². The third kappa shape index (κ3) is 2.67. The first-order chi connectivity index (χ1) is 14.0. The Hall–Kier alpha value is -2.82. The molecule has 4 atom stereocenters. The summed E-state index contributed by atoms with van der Waals surface area (Å²) in [5.41, 5.74) is 2.96. The van der Waals surface area contributed by atoms with Gasteiger partial charge in [0.25, 0.3) is 0 Å². The summed E-state index contributed by atoms with van der Waals surface area (Å²) in [4.78, 5) is 26.7. The van der Waals surface area contributed by atoms with Crippen LogP contribution in [-0.2, 0) is 28.2 Å². The second kappa shape index (κ2) is 6.61. The number of carbonyl (C=O) groups excluding carboxylic acids is 1. The molecule has 0 bridgehead atoms. The highest BCUT2D eigenvalue weighted by Crippen LogP contribution is 2.60. The standard InChI is InChI=1S/C24H25NO4/c1-15-13-24-19-8-7-18(29-14-16-5-3-2-4-6-16)11-17(19)9-10-25(24)21(26)12-20(24)22(15)23(27)28/h2-8,11,15,20,22H,9-10,12-14H2,1H3,(H,27,28)/t15-,20?,22+,24-/m0/s1. The Labute approximate surface area is 170 Å². The van der Waals surface area contributed by atoms with E-state index in [2.05, 4.69) is 12.1 Å². The molecule has 0 radical (unpaired) electrons. The molecular formula is C24H25NO4. The SMILES string of the molecule is C[C@H]1C[C@@]23c4ccc(OCc5ccccc5)cc4CCN2C(=O)CC3[C@@H]1C(=O)O. The molecular weight excluding hydrogens is 366 g/mol. The number of ether oxygens (including phenoxy) is 1. The quantitative estimate of drug-likeness (QED) is 0.865. The Balaban J connectivity index is 1.49. The molecule has 150 valence electrons. The molecule has 2 fully saturated rings. The Morgan fingerprint density at radius 1 is 1.24 bits per heavy atom. The van der Waals surface area contributed by atoms with E-state index in [4.69, 9.17) is 4.74 Å². The van der Waals surface area contributed by atoms with Gasteiger partial charge in [0.2, 0.25) is 5.91 Å². The fraction of sp³-hybridized carbons (Fsp3) is 0.417. The van der Waals surface area contributed by atoms with Crippen LogP contribution in [0.5, 0.6) is 5.75 Å². The van der Waals surface area contributed by atoms with Crippen molar-refractivity contribution in [3.05, 3.63) is 65.2 Å². The molecule has 1 N–H and O–H groups in total. The van der Waals surface area contributed by atoms with Crippen LogP contribution in [-0.4, -0.2) is 28.4 Å². The minimum atomic E-state index is -0.774. The Morgan fingerprint density at radius 3 is 2.79 bits per heavy atom. The number of rotatable bonds is 4. The first-order valence-corrected chi connectivity index (χ1v) is 10.3. The first-order valence-electron chi connectivity index (χ1n) is 10.3. The fourth-order valence-electron chi connectivity index (χ4n) is 6.05. The highest BCUT2D eigenvalue weighted by molar-refractivity contribution is 5.84. The highest BCUT2D eigenvalue weighted by atomic mass is 16.5. The van der Waals surface area contributed by atoms with Crippen LogP contribution in [0.1, 0.15) is 36.5 Å². The second-order valence-corrected chi connectivity index (χ2v) is 8.67. The van der Waals surface area contributed by atoms with Crippen LogP contribution in [0, 0.1) is 17.8 Å². The average molecular weight is 391 g/mol. The maximum atomic E-state index is 12.7. The van der Waals surface area contributed by atoms with Gasteiger partial charge in [-0.1, -0.05) is 43.3 Å². The molecule has 29 heavy (non-hydrogen) atoms. The van der Waals surface area contributed by atoms with Crippen LogP contribution in [0.3, 0.4) is 0 Å². The fourth-order valence-corrected chi connectivity index (χ4v) is 6.05. The van der Waals surface area contributed by atoms with Gasteiger partial charge in [0.05, 0.1) is 11.5 Å². The van der Waals surface area contributed by atoms with E-state index in [1.54, 1.807) is 0 Å². The zero-order valence-electron chi connectivity index (χ0n) is 16.5. The summed E-state index contributed by atoms with van der Waals surface area (Å²) in [7, 11) is 0. The number of hydrogen-bond donors (Lipinski definition) is 1. The van der Waals surface area contributed by atoms with Crippen LogP contribution in [0.4, 0.5) is 0 Å². The van der Waals surface area contributed by atoms with Crippen molar-refractivity contribution < 1.29 is 19.4 Å². The number of carboxylic acids is 1. The number of hydrogen-bond acceptors (Lipinski definition) is 3. The molecule has 5 nitrogen and oxygen atoms in total. The molecule has 5 rings (SSSR count). The number of nitrogens with zero attached hydrogens (tertiary/aromatic N) is 1. The van der Waals surface area contributed by atoms with Crippen molar-refractivity contribution in [2.45, 2.75) is 38.3 Å². The molecule has 1 spiro atoms. The number of carboxylic acid groups (broad SMARTS) is 1. The van der Waals surface area contributed by atoms with Crippen LogP contribution in [0.25, 0.3) is 0 Å². The van der Waals surface area contributed by atoms with Crippen molar-refractivity contribution >= 4 is 11.9 Å². The third-order valence-corrected chi connectivity index (χ3v) is 7.15. The van der Waals surface area contributed by atoms with E-state index in [0.29, 0.717) is 19.6 Å². The van der Waals surface area contributed by atoms with E-state index in [1.807, 2.05) is 48.2 Å². The lowest BCUT2D eigenvalue weighted by molar-refractivity contribution is -0.144. The van der Waals surface area contributed by atoms with Gasteiger partial charge in [0.15, 0.2) is 0 Å². The average Bonchev–Trinajstić information content (AvgIpc) is 3.14. The first kappa shape index (κ1) is 18.2. The van der Waals surface area contributed by atoms with E-state index in [0.717, 1.165) is 29.7 Å². The second-order valence-electron chi connectivity index (χ2n) is 8.67. The molecule has 1 aliphatic carbocycles. The minimum Gasteiger partial charge on any atom is -0.489 e. The summed E-state index contributed by atoms with van der Waals surface area (Å²) in [6, 6.07) is 16.2. The number of carbonyl (C=O) groups is 2. The molecule has 1 amide bonds. The highest BCUT2D eigenvalue weighted by Gasteiger charge is 2.65. The van der Waals surface area contributed by atoms with Crippen molar-refractivity contribution in [3.63, 3.8) is 0 Å². The number of aliphatic carboxylic acids is 1. The van der Waals surface area contributed by atoms with Gasteiger partial charge in [-0.05, 0) is 47.6 Å². The van der Waals surface area contributed by atoms with E-state index in [-0.39, 0.29) is 17.7 Å². The van der Waals surface area contributed by atoms with Crippen LogP contribution < -0.4 is 4.74 Å². The van der Waals surface area contributed by atoms with Gasteiger partial charge in [-0.25, -0.2) is 0 Å². The zero-order valence-corrected chi connectivity index (χ0v) is 16.5. The normalized spacial score (nSPS) is 29.9. The summed E-state index contributed by atoms with van der Waals surface area (Å²) < 4.78 is 6.01. The van der Waals surface area contributed by atoms with Gasteiger partial charge in [-0.3, -0.25) is 9.59 Å². The molecule has 5 heteroatoms. The van der Waals surface area contributed by atoms with Gasteiger partial charge in [0, 0.05) is 18.9 Å². The van der Waals surface area contributed by atoms with Gasteiger partial charge in [-0.15, -0.1) is 0 Å². The Kier molecular flexibility index (Phi) is 4.16. The molecule has 1 unspecified atom stereocenters. The van der Waals surface area contributed by atoms with E-state index in [9.17, 15) is 14.7 Å². The lowest BCUT2D eigenvalue weighted by atomic mass is 9.74. The van der Waals surface area contributed by atoms with E-state index >= 15 is 0 Å². The molecule has 0 aromatic heterocycles. The molecule has 1 saturated heterocycles. The number of fused-ring (bicyclic) bond motifs is 1. The molecule has 2 aromatic rings. The van der Waals surface area contributed by atoms with Gasteiger partial charge in [-0.2, -0.15) is 0 Å². The van der Waals surface area contributed by atoms with Crippen LogP contribution in [0.2, 0.25) is 0 Å². The van der Waals surface area contributed by atoms with Crippen molar-refractivity contribution in [1.29, 1.82) is 0 Å². The smallest absolute Gasteiger partial charge is 0.307 e. The molecule has 2 aliphatic heterocycles. The predicted octanol–water partition coefficient (Wildman–Crippen LogP) is 3.61. The summed E-state index contributed by atoms with van der Waals surface area (Å²) in [5.74, 6) is -0.430. The molecule has 2 heterocycles. The molecule has 1 saturated carbocycles. The van der Waals surface area contributed by atoms with Crippen LogP contribution >= 0.6 is 0 Å². The topological polar surface area (TPSA) is 66.8 Å². The summed E-state index contributed by atoms with van der Waals surface area (Å²) in [5, 5.41) is 9.82. The number of amides is 1. The summed E-state index contributed by atoms with van der Waals surface area (Å²) >= 11 is 0. The van der Waals surface area contributed by atoms with Crippen molar-refractivity contribution in [3.8, 4) is 5.75 Å². The molecule has 2 aromatic carbocycles. The minimum absolute atomic E-state index is 0.0491. The Morgan fingerprint density at radius 2 is 2.03 bits per heavy atom. The van der Waals surface area contributed by atoms with Crippen molar-refractivity contribution in [2.24, 2.45) is 17.8 Å². The van der Waals surface area contributed by atoms with Crippen molar-refractivity contribution in [1.82, 2.24) is 4.90 Å². The largest absolute Gasteiger partial charge is 0.489 e. The summed E-state index contributed by atoms with van der Waals surface area (Å²) in [6.07, 6.45) is 1.84. The van der Waals surface area contributed by atoms with Crippen LogP contribution in [0.15, 0.2) is 48.5 Å². The predicted molar refractivity (Wildman–Crippen MR) is 107 cm³/mol. The maximum absolute atomic E-state index is 12.7. The lowest BCUT2D eigenvalue weighted by Crippen LogP contribution is -2.49. The van der Waals surface area contributed by atoms with Gasteiger partial charge in [0.1, 0.15) is 12.4 Å².